The maximum Gasteiger partial charge on any atom is 0.360 e. The fourth-order valence-electron chi connectivity index (χ4n) is 1.49. The molecule has 2 rings (SSSR count). The molecule has 1 aromatic heterocycles. The van der Waals surface area contributed by atoms with Crippen LogP contribution < -0.4 is 5.32 Å². The van der Waals surface area contributed by atoms with Crippen LogP contribution in [-0.2, 0) is 4.74 Å². The highest BCUT2D eigenvalue weighted by atomic mass is 16.5. The monoisotopic (exact) mass is 257 g/mol. The van der Waals surface area contributed by atoms with Gasteiger partial charge in [0.25, 0.3) is 6.01 Å². The third kappa shape index (κ3) is 2.72. The molecule has 19 heavy (non-hydrogen) atoms. The van der Waals surface area contributed by atoms with E-state index >= 15 is 0 Å². The van der Waals surface area contributed by atoms with E-state index in [2.05, 4.69) is 15.0 Å². The molecule has 96 valence electrons. The molecule has 0 aliphatic carbocycles. The Labute approximate surface area is 109 Å². The van der Waals surface area contributed by atoms with E-state index < -0.39 is 5.97 Å². The number of anilines is 2. The van der Waals surface area contributed by atoms with E-state index in [1.807, 2.05) is 6.07 Å². The van der Waals surface area contributed by atoms with Gasteiger partial charge in [-0.2, -0.15) is 10.2 Å². The van der Waals surface area contributed by atoms with Crippen molar-refractivity contribution in [3.05, 3.63) is 41.3 Å². The van der Waals surface area contributed by atoms with Gasteiger partial charge in [-0.15, -0.1) is 0 Å². The van der Waals surface area contributed by atoms with Crippen molar-refractivity contribution in [1.82, 2.24) is 4.98 Å². The summed E-state index contributed by atoms with van der Waals surface area (Å²) in [6.07, 6.45) is 0. The summed E-state index contributed by atoms with van der Waals surface area (Å²) in [5.74, 6) is -0.169. The number of methoxy groups -OCH3 is 1. The van der Waals surface area contributed by atoms with E-state index in [1.54, 1.807) is 31.2 Å². The van der Waals surface area contributed by atoms with Crippen LogP contribution in [0.2, 0.25) is 0 Å². The van der Waals surface area contributed by atoms with Crippen molar-refractivity contribution in [2.75, 3.05) is 12.4 Å². The summed E-state index contributed by atoms with van der Waals surface area (Å²) in [6, 6.07) is 8.99. The van der Waals surface area contributed by atoms with Crippen LogP contribution in [0.15, 0.2) is 28.7 Å². The number of aromatic nitrogens is 1. The highest BCUT2D eigenvalue weighted by Gasteiger charge is 2.17. The fourth-order valence-corrected chi connectivity index (χ4v) is 1.49. The van der Waals surface area contributed by atoms with Crippen molar-refractivity contribution in [3.63, 3.8) is 0 Å². The number of carbonyl (C=O) groups excluding carboxylic acids is 1. The Balaban J connectivity index is 2.19. The number of ether oxygens (including phenoxy) is 1. The van der Waals surface area contributed by atoms with Crippen molar-refractivity contribution < 1.29 is 13.9 Å². The van der Waals surface area contributed by atoms with Gasteiger partial charge in [-0.1, -0.05) is 0 Å². The van der Waals surface area contributed by atoms with Crippen molar-refractivity contribution in [2.45, 2.75) is 6.92 Å². The molecular formula is C13H11N3O3. The van der Waals surface area contributed by atoms with Gasteiger partial charge in [0.15, 0.2) is 5.69 Å². The van der Waals surface area contributed by atoms with E-state index in [-0.39, 0.29) is 11.7 Å². The summed E-state index contributed by atoms with van der Waals surface area (Å²) in [7, 11) is 1.28. The second kappa shape index (κ2) is 5.23. The zero-order valence-electron chi connectivity index (χ0n) is 10.4. The number of benzene rings is 1. The number of nitriles is 1. The predicted molar refractivity (Wildman–Crippen MR) is 67.0 cm³/mol. The number of hydrogen-bond acceptors (Lipinski definition) is 6. The van der Waals surface area contributed by atoms with Gasteiger partial charge >= 0.3 is 5.97 Å². The van der Waals surface area contributed by atoms with Gasteiger partial charge in [-0.25, -0.2) is 4.79 Å². The standard InChI is InChI=1S/C13H11N3O3/c1-8-11(12(17)18-2)16-13(19-8)15-10-5-3-9(7-14)4-6-10/h3-6H,1-2H3,(H,15,16). The molecule has 0 unspecified atom stereocenters. The molecule has 0 saturated heterocycles. The van der Waals surface area contributed by atoms with Crippen LogP contribution in [0.4, 0.5) is 11.7 Å². The molecule has 0 amide bonds. The van der Waals surface area contributed by atoms with Gasteiger partial charge in [0.05, 0.1) is 18.7 Å². The normalized spacial score (nSPS) is 9.74. The minimum Gasteiger partial charge on any atom is -0.464 e. The topological polar surface area (TPSA) is 88.1 Å². The van der Waals surface area contributed by atoms with E-state index in [1.165, 1.54) is 7.11 Å². The number of nitrogens with one attached hydrogen (secondary N) is 1. The molecule has 6 nitrogen and oxygen atoms in total. The van der Waals surface area contributed by atoms with Gasteiger partial charge in [0, 0.05) is 5.69 Å². The number of esters is 1. The third-order valence-corrected chi connectivity index (χ3v) is 2.44. The van der Waals surface area contributed by atoms with Crippen LogP contribution in [-0.4, -0.2) is 18.1 Å². The first kappa shape index (κ1) is 12.6. The number of oxazole rings is 1. The number of aryl methyl sites for hydroxylation is 1. The molecule has 0 fully saturated rings. The first-order valence-corrected chi connectivity index (χ1v) is 5.47. The van der Waals surface area contributed by atoms with Crippen LogP contribution in [0.5, 0.6) is 0 Å². The van der Waals surface area contributed by atoms with Crippen molar-refractivity contribution in [3.8, 4) is 6.07 Å². The molecule has 0 radical (unpaired) electrons. The molecule has 0 atom stereocenters. The Kier molecular flexibility index (Phi) is 3.48. The van der Waals surface area contributed by atoms with E-state index in [0.717, 1.165) is 0 Å². The summed E-state index contributed by atoms with van der Waals surface area (Å²) < 4.78 is 9.90. The zero-order valence-corrected chi connectivity index (χ0v) is 10.4. The number of rotatable bonds is 3. The van der Waals surface area contributed by atoms with Gasteiger partial charge in [-0.3, -0.25) is 0 Å². The van der Waals surface area contributed by atoms with Gasteiger partial charge in [0.1, 0.15) is 5.76 Å². The Morgan fingerprint density at radius 2 is 2.11 bits per heavy atom. The lowest BCUT2D eigenvalue weighted by Gasteiger charge is -2.00. The summed E-state index contributed by atoms with van der Waals surface area (Å²) in [5.41, 5.74) is 1.40. The fraction of sp³-hybridized carbons (Fsp3) is 0.154. The Bertz CT molecular complexity index is 638. The molecule has 0 aliphatic rings. The average Bonchev–Trinajstić information content (AvgIpc) is 2.79. The molecular weight excluding hydrogens is 246 g/mol. The summed E-state index contributed by atoms with van der Waals surface area (Å²) in [6.45, 7) is 1.63. The van der Waals surface area contributed by atoms with Gasteiger partial charge < -0.3 is 14.5 Å². The second-order valence-corrected chi connectivity index (χ2v) is 3.73. The molecule has 1 heterocycles. The van der Waals surface area contributed by atoms with Crippen molar-refractivity contribution in [1.29, 1.82) is 5.26 Å². The van der Waals surface area contributed by atoms with Gasteiger partial charge in [0.2, 0.25) is 0 Å². The van der Waals surface area contributed by atoms with Crippen LogP contribution in [0, 0.1) is 18.3 Å². The van der Waals surface area contributed by atoms with Crippen LogP contribution in [0.25, 0.3) is 0 Å². The van der Waals surface area contributed by atoms with E-state index in [0.29, 0.717) is 17.0 Å². The molecule has 2 aromatic rings. The molecule has 1 aromatic carbocycles. The van der Waals surface area contributed by atoms with Crippen molar-refractivity contribution in [2.24, 2.45) is 0 Å². The number of nitrogens with zero attached hydrogens (tertiary/aromatic N) is 2. The Morgan fingerprint density at radius 3 is 2.68 bits per heavy atom. The second-order valence-electron chi connectivity index (χ2n) is 3.73. The number of hydrogen-bond donors (Lipinski definition) is 1. The lowest BCUT2D eigenvalue weighted by molar-refractivity contribution is 0.0593. The summed E-state index contributed by atoms with van der Waals surface area (Å²) in [4.78, 5) is 15.4. The molecule has 0 spiro atoms. The molecule has 1 N–H and O–H groups in total. The minimum absolute atomic E-state index is 0.138. The van der Waals surface area contributed by atoms with Gasteiger partial charge in [-0.05, 0) is 31.2 Å². The summed E-state index contributed by atoms with van der Waals surface area (Å²) >= 11 is 0. The van der Waals surface area contributed by atoms with Crippen LogP contribution >= 0.6 is 0 Å². The number of carbonyl (C=O) groups is 1. The predicted octanol–water partition coefficient (Wildman–Crippen LogP) is 2.38. The highest BCUT2D eigenvalue weighted by molar-refractivity contribution is 5.88. The SMILES string of the molecule is COC(=O)c1nc(Nc2ccc(C#N)cc2)oc1C. The molecule has 0 bridgehead atoms. The molecule has 0 aliphatic heterocycles. The molecule has 0 saturated carbocycles. The minimum atomic E-state index is -0.547. The van der Waals surface area contributed by atoms with E-state index in [4.69, 9.17) is 9.68 Å². The quantitative estimate of drug-likeness (QED) is 0.849. The lowest BCUT2D eigenvalue weighted by atomic mass is 10.2. The molecule has 6 heteroatoms. The lowest BCUT2D eigenvalue weighted by Crippen LogP contribution is -2.03. The van der Waals surface area contributed by atoms with Crippen LogP contribution in [0.3, 0.4) is 0 Å². The van der Waals surface area contributed by atoms with E-state index in [9.17, 15) is 4.79 Å². The first-order valence-electron chi connectivity index (χ1n) is 5.47. The average molecular weight is 257 g/mol. The largest absolute Gasteiger partial charge is 0.464 e. The third-order valence-electron chi connectivity index (χ3n) is 2.44. The highest BCUT2D eigenvalue weighted by Crippen LogP contribution is 2.20. The zero-order chi connectivity index (χ0) is 13.8. The Hall–Kier alpha value is -2.81. The maximum absolute atomic E-state index is 11.4. The Morgan fingerprint density at radius 1 is 1.42 bits per heavy atom. The maximum atomic E-state index is 11.4. The first-order chi connectivity index (χ1) is 9.13. The summed E-state index contributed by atoms with van der Waals surface area (Å²) in [5, 5.41) is 11.6. The van der Waals surface area contributed by atoms with Crippen LogP contribution in [0.1, 0.15) is 21.8 Å². The smallest absolute Gasteiger partial charge is 0.360 e. The van der Waals surface area contributed by atoms with Crippen molar-refractivity contribution >= 4 is 17.7 Å².